The predicted molar refractivity (Wildman–Crippen MR) is 114 cm³/mol. The van der Waals surface area contributed by atoms with Crippen LogP contribution in [-0.4, -0.2) is 28.5 Å². The van der Waals surface area contributed by atoms with Crippen molar-refractivity contribution in [3.8, 4) is 27.6 Å². The van der Waals surface area contributed by atoms with Crippen molar-refractivity contribution in [1.29, 1.82) is 0 Å². The van der Waals surface area contributed by atoms with E-state index in [1.54, 1.807) is 11.3 Å². The zero-order valence-corrected chi connectivity index (χ0v) is 17.0. The molecule has 6 heteroatoms. The van der Waals surface area contributed by atoms with E-state index in [-0.39, 0.29) is 6.61 Å². The second-order valence-corrected chi connectivity index (χ2v) is 6.85. The lowest BCUT2D eigenvalue weighted by Gasteiger charge is -2.01. The minimum absolute atomic E-state index is 0.0700. The summed E-state index contributed by atoms with van der Waals surface area (Å²) in [6.07, 6.45) is 0. The standard InChI is InChI=1S/C20H16FN3OS.C2H6/c1-13-2-8-17(24-23-13)14-3-5-15(6-4-14)20-22-18-9-7-16(25-11-10-21)12-19(18)26-20;1-2/h2-9,12H,10-11H2,1H3;1-2H3. The molecule has 2 aromatic carbocycles. The molecule has 4 aromatic rings. The van der Waals surface area contributed by atoms with Crippen molar-refractivity contribution >= 4 is 21.6 Å². The van der Waals surface area contributed by atoms with Crippen LogP contribution in [0.4, 0.5) is 4.39 Å². The highest BCUT2D eigenvalue weighted by molar-refractivity contribution is 7.21. The summed E-state index contributed by atoms with van der Waals surface area (Å²) in [6.45, 7) is 5.49. The maximum absolute atomic E-state index is 12.2. The van der Waals surface area contributed by atoms with E-state index in [1.165, 1.54) is 0 Å². The highest BCUT2D eigenvalue weighted by Crippen LogP contribution is 2.33. The summed E-state index contributed by atoms with van der Waals surface area (Å²) < 4.78 is 18.6. The number of ether oxygens (including phenoxy) is 1. The molecule has 0 amide bonds. The lowest BCUT2D eigenvalue weighted by molar-refractivity contribution is 0.273. The Labute approximate surface area is 168 Å². The van der Waals surface area contributed by atoms with Crippen molar-refractivity contribution in [3.63, 3.8) is 0 Å². The number of aryl methyl sites for hydroxylation is 1. The molecule has 0 spiro atoms. The van der Waals surface area contributed by atoms with Gasteiger partial charge in [0.1, 0.15) is 24.0 Å². The van der Waals surface area contributed by atoms with Crippen LogP contribution in [0.25, 0.3) is 32.0 Å². The molecule has 4 nitrogen and oxygen atoms in total. The molecule has 0 unspecified atom stereocenters. The molecule has 0 aliphatic heterocycles. The van der Waals surface area contributed by atoms with E-state index in [4.69, 9.17) is 4.74 Å². The molecule has 2 aromatic heterocycles. The van der Waals surface area contributed by atoms with Crippen molar-refractivity contribution in [2.75, 3.05) is 13.3 Å². The van der Waals surface area contributed by atoms with Gasteiger partial charge in [0.25, 0.3) is 0 Å². The number of thiazole rings is 1. The maximum atomic E-state index is 12.2. The van der Waals surface area contributed by atoms with Crippen molar-refractivity contribution in [1.82, 2.24) is 15.2 Å². The van der Waals surface area contributed by atoms with Gasteiger partial charge in [-0.05, 0) is 37.3 Å². The smallest absolute Gasteiger partial charge is 0.124 e. The Morgan fingerprint density at radius 1 is 0.929 bits per heavy atom. The van der Waals surface area contributed by atoms with Crippen molar-refractivity contribution in [2.45, 2.75) is 20.8 Å². The average Bonchev–Trinajstić information content (AvgIpc) is 3.18. The largest absolute Gasteiger partial charge is 0.491 e. The fourth-order valence-corrected chi connectivity index (χ4v) is 3.61. The minimum Gasteiger partial charge on any atom is -0.491 e. The third-order valence-corrected chi connectivity index (χ3v) is 5.00. The number of hydrogen-bond donors (Lipinski definition) is 0. The van der Waals surface area contributed by atoms with Crippen LogP contribution in [0.15, 0.2) is 54.6 Å². The third kappa shape index (κ3) is 4.51. The lowest BCUT2D eigenvalue weighted by Crippen LogP contribution is -1.97. The Morgan fingerprint density at radius 2 is 1.68 bits per heavy atom. The Bertz CT molecular complexity index is 1030. The van der Waals surface area contributed by atoms with Gasteiger partial charge in [0, 0.05) is 11.1 Å². The summed E-state index contributed by atoms with van der Waals surface area (Å²) in [7, 11) is 0. The molecule has 4 rings (SSSR count). The van der Waals surface area contributed by atoms with Gasteiger partial charge >= 0.3 is 0 Å². The number of rotatable bonds is 5. The summed E-state index contributed by atoms with van der Waals surface area (Å²) in [4.78, 5) is 4.68. The summed E-state index contributed by atoms with van der Waals surface area (Å²) in [5, 5.41) is 9.25. The van der Waals surface area contributed by atoms with Crippen LogP contribution in [0.3, 0.4) is 0 Å². The van der Waals surface area contributed by atoms with Gasteiger partial charge in [-0.15, -0.1) is 11.3 Å². The summed E-state index contributed by atoms with van der Waals surface area (Å²) >= 11 is 1.59. The van der Waals surface area contributed by atoms with Gasteiger partial charge in [0.15, 0.2) is 0 Å². The second kappa shape index (κ2) is 9.37. The first-order chi connectivity index (χ1) is 13.7. The fraction of sp³-hybridized carbons (Fsp3) is 0.227. The molecular weight excluding hydrogens is 373 g/mol. The highest BCUT2D eigenvalue weighted by atomic mass is 32.1. The molecule has 0 bridgehead atoms. The van der Waals surface area contributed by atoms with Gasteiger partial charge in [-0.3, -0.25) is 0 Å². The second-order valence-electron chi connectivity index (χ2n) is 5.82. The molecule has 2 heterocycles. The zero-order chi connectivity index (χ0) is 19.9. The van der Waals surface area contributed by atoms with E-state index in [0.717, 1.165) is 37.7 Å². The Morgan fingerprint density at radius 3 is 2.36 bits per heavy atom. The molecule has 144 valence electrons. The number of fused-ring (bicyclic) bond motifs is 1. The molecule has 0 N–H and O–H groups in total. The Hall–Kier alpha value is -2.86. The van der Waals surface area contributed by atoms with E-state index in [1.807, 2.05) is 75.4 Å². The molecule has 0 atom stereocenters. The van der Waals surface area contributed by atoms with Crippen LogP contribution in [0.2, 0.25) is 0 Å². The molecule has 0 aliphatic rings. The molecule has 0 aliphatic carbocycles. The van der Waals surface area contributed by atoms with Gasteiger partial charge < -0.3 is 4.74 Å². The summed E-state index contributed by atoms with van der Waals surface area (Å²) in [5.74, 6) is 0.665. The summed E-state index contributed by atoms with van der Waals surface area (Å²) in [5.41, 5.74) is 4.72. The highest BCUT2D eigenvalue weighted by Gasteiger charge is 2.08. The van der Waals surface area contributed by atoms with E-state index in [9.17, 15) is 4.39 Å². The minimum atomic E-state index is -0.496. The number of hydrogen-bond acceptors (Lipinski definition) is 5. The zero-order valence-electron chi connectivity index (χ0n) is 16.1. The molecule has 0 saturated heterocycles. The molecule has 0 radical (unpaired) electrons. The quantitative estimate of drug-likeness (QED) is 0.409. The van der Waals surface area contributed by atoms with Gasteiger partial charge in [-0.1, -0.05) is 38.1 Å². The Balaban J connectivity index is 0.00000109. The number of aromatic nitrogens is 3. The van der Waals surface area contributed by atoms with E-state index >= 15 is 0 Å². The predicted octanol–water partition coefficient (Wildman–Crippen LogP) is 6.10. The molecule has 0 saturated carbocycles. The van der Waals surface area contributed by atoms with Crippen molar-refractivity contribution < 1.29 is 9.13 Å². The molecular formula is C22H22FN3OS. The first-order valence-electron chi connectivity index (χ1n) is 9.23. The molecule has 0 fully saturated rings. The van der Waals surface area contributed by atoms with Crippen LogP contribution in [0.1, 0.15) is 19.5 Å². The first-order valence-corrected chi connectivity index (χ1v) is 10.0. The average molecular weight is 396 g/mol. The van der Waals surface area contributed by atoms with Crippen LogP contribution in [0, 0.1) is 6.92 Å². The number of nitrogens with zero attached hydrogens (tertiary/aromatic N) is 3. The van der Waals surface area contributed by atoms with E-state index in [2.05, 4.69) is 15.2 Å². The van der Waals surface area contributed by atoms with E-state index in [0.29, 0.717) is 5.75 Å². The van der Waals surface area contributed by atoms with E-state index < -0.39 is 6.67 Å². The van der Waals surface area contributed by atoms with Crippen LogP contribution >= 0.6 is 11.3 Å². The normalized spacial score (nSPS) is 10.4. The number of alkyl halides is 1. The van der Waals surface area contributed by atoms with Gasteiger partial charge in [0.05, 0.1) is 21.6 Å². The molecule has 28 heavy (non-hydrogen) atoms. The monoisotopic (exact) mass is 395 g/mol. The SMILES string of the molecule is CC.Cc1ccc(-c2ccc(-c3nc4ccc(OCCF)cc4s3)cc2)nn1. The fourth-order valence-electron chi connectivity index (χ4n) is 2.61. The number of benzene rings is 2. The van der Waals surface area contributed by atoms with Crippen LogP contribution < -0.4 is 4.74 Å². The van der Waals surface area contributed by atoms with Crippen molar-refractivity contribution in [3.05, 3.63) is 60.3 Å². The third-order valence-electron chi connectivity index (χ3n) is 3.93. The topological polar surface area (TPSA) is 47.9 Å². The first kappa shape index (κ1) is 19.9. The van der Waals surface area contributed by atoms with Gasteiger partial charge in [-0.25, -0.2) is 9.37 Å². The Kier molecular flexibility index (Phi) is 6.66. The van der Waals surface area contributed by atoms with Crippen molar-refractivity contribution in [2.24, 2.45) is 0 Å². The van der Waals surface area contributed by atoms with Gasteiger partial charge in [0.2, 0.25) is 0 Å². The summed E-state index contributed by atoms with van der Waals surface area (Å²) in [6, 6.07) is 17.7. The van der Waals surface area contributed by atoms with Crippen LogP contribution in [-0.2, 0) is 0 Å². The van der Waals surface area contributed by atoms with Gasteiger partial charge in [-0.2, -0.15) is 10.2 Å². The number of halogens is 1. The van der Waals surface area contributed by atoms with Crippen LogP contribution in [0.5, 0.6) is 5.75 Å². The lowest BCUT2D eigenvalue weighted by atomic mass is 10.1. The maximum Gasteiger partial charge on any atom is 0.124 e.